The molecular weight excluding hydrogens is 256 g/mol. The number of hydrogen-bond donors (Lipinski definition) is 1. The predicted molar refractivity (Wildman–Crippen MR) is 62.9 cm³/mol. The number of aliphatic hydroxyl groups excluding tert-OH is 1. The van der Waals surface area contributed by atoms with E-state index in [4.69, 9.17) is 9.84 Å². The van der Waals surface area contributed by atoms with Crippen LogP contribution >= 0.6 is 15.9 Å². The molecule has 3 heteroatoms. The van der Waals surface area contributed by atoms with Crippen LogP contribution in [0.1, 0.15) is 24.8 Å². The van der Waals surface area contributed by atoms with Crippen LogP contribution < -0.4 is 4.74 Å². The number of para-hydroxylation sites is 1. The molecule has 0 saturated heterocycles. The number of aliphatic hydroxyl groups is 1. The summed E-state index contributed by atoms with van der Waals surface area (Å²) >= 11 is 3.43. The van der Waals surface area contributed by atoms with Crippen molar-refractivity contribution in [3.8, 4) is 5.75 Å². The van der Waals surface area contributed by atoms with Crippen molar-refractivity contribution < 1.29 is 9.84 Å². The number of hydrogen-bond acceptors (Lipinski definition) is 2. The Morgan fingerprint density at radius 3 is 2.87 bits per heavy atom. The lowest BCUT2D eigenvalue weighted by molar-refractivity contribution is 0.258. The summed E-state index contributed by atoms with van der Waals surface area (Å²) < 4.78 is 6.62. The average Bonchev–Trinajstić information content (AvgIpc) is 3.04. The molecule has 1 N–H and O–H groups in total. The van der Waals surface area contributed by atoms with Crippen LogP contribution in [-0.2, 0) is 6.61 Å². The van der Waals surface area contributed by atoms with Crippen LogP contribution in [-0.4, -0.2) is 11.7 Å². The van der Waals surface area contributed by atoms with E-state index in [1.807, 2.05) is 18.2 Å². The highest BCUT2D eigenvalue weighted by molar-refractivity contribution is 9.10. The molecule has 0 unspecified atom stereocenters. The van der Waals surface area contributed by atoms with E-state index in [1.165, 1.54) is 12.8 Å². The summed E-state index contributed by atoms with van der Waals surface area (Å²) in [6.07, 6.45) is 3.84. The van der Waals surface area contributed by atoms with Gasteiger partial charge in [0, 0.05) is 5.56 Å². The summed E-state index contributed by atoms with van der Waals surface area (Å²) in [6.45, 7) is 0.776. The summed E-state index contributed by atoms with van der Waals surface area (Å²) in [5.74, 6) is 1.67. The minimum absolute atomic E-state index is 0.0260. The SMILES string of the molecule is OCc1cccc(Br)c1OCCC1CC1. The Balaban J connectivity index is 1.97. The lowest BCUT2D eigenvalue weighted by Gasteiger charge is -2.11. The first-order chi connectivity index (χ1) is 7.31. The normalized spacial score (nSPS) is 15.3. The van der Waals surface area contributed by atoms with Crippen molar-refractivity contribution in [2.24, 2.45) is 5.92 Å². The third-order valence-corrected chi connectivity index (χ3v) is 3.31. The number of benzene rings is 1. The molecule has 1 aromatic carbocycles. The quantitative estimate of drug-likeness (QED) is 0.891. The minimum Gasteiger partial charge on any atom is -0.492 e. The van der Waals surface area contributed by atoms with Crippen LogP contribution in [0.3, 0.4) is 0 Å². The molecule has 15 heavy (non-hydrogen) atoms. The molecule has 0 bridgehead atoms. The molecule has 0 aliphatic heterocycles. The zero-order valence-electron chi connectivity index (χ0n) is 8.58. The Kier molecular flexibility index (Phi) is 3.65. The molecule has 1 aromatic rings. The molecule has 82 valence electrons. The van der Waals surface area contributed by atoms with Crippen molar-refractivity contribution in [2.75, 3.05) is 6.61 Å². The van der Waals surface area contributed by atoms with Gasteiger partial charge in [0.05, 0.1) is 17.7 Å². The first-order valence-corrected chi connectivity index (χ1v) is 6.11. The van der Waals surface area contributed by atoms with Gasteiger partial charge in [-0.1, -0.05) is 25.0 Å². The van der Waals surface area contributed by atoms with Crippen LogP contribution in [0.5, 0.6) is 5.75 Å². The van der Waals surface area contributed by atoms with Gasteiger partial charge in [-0.05, 0) is 34.3 Å². The van der Waals surface area contributed by atoms with E-state index in [9.17, 15) is 0 Å². The predicted octanol–water partition coefficient (Wildman–Crippen LogP) is 3.12. The molecule has 0 heterocycles. The monoisotopic (exact) mass is 270 g/mol. The molecule has 0 spiro atoms. The first kappa shape index (κ1) is 11.0. The molecule has 2 nitrogen and oxygen atoms in total. The third kappa shape index (κ3) is 2.95. The van der Waals surface area contributed by atoms with Crippen molar-refractivity contribution in [1.29, 1.82) is 0 Å². The van der Waals surface area contributed by atoms with Crippen LogP contribution in [0.2, 0.25) is 0 Å². The van der Waals surface area contributed by atoms with E-state index in [0.29, 0.717) is 0 Å². The largest absolute Gasteiger partial charge is 0.492 e. The smallest absolute Gasteiger partial charge is 0.138 e. The van der Waals surface area contributed by atoms with Gasteiger partial charge in [0.15, 0.2) is 0 Å². The standard InChI is InChI=1S/C12H15BrO2/c13-11-3-1-2-10(8-14)12(11)15-7-6-9-4-5-9/h1-3,9,14H,4-8H2. The zero-order valence-corrected chi connectivity index (χ0v) is 10.2. The zero-order chi connectivity index (χ0) is 10.7. The Hall–Kier alpha value is -0.540. The molecule has 0 atom stereocenters. The summed E-state index contributed by atoms with van der Waals surface area (Å²) in [4.78, 5) is 0. The van der Waals surface area contributed by atoms with Gasteiger partial charge in [-0.25, -0.2) is 0 Å². The van der Waals surface area contributed by atoms with Gasteiger partial charge < -0.3 is 9.84 Å². The first-order valence-electron chi connectivity index (χ1n) is 5.32. The van der Waals surface area contributed by atoms with Crippen molar-refractivity contribution in [3.05, 3.63) is 28.2 Å². The second-order valence-electron chi connectivity index (χ2n) is 3.97. The van der Waals surface area contributed by atoms with Gasteiger partial charge in [-0.15, -0.1) is 0 Å². The van der Waals surface area contributed by atoms with Gasteiger partial charge >= 0.3 is 0 Å². The highest BCUT2D eigenvalue weighted by Gasteiger charge is 2.21. The van der Waals surface area contributed by atoms with Crippen molar-refractivity contribution in [3.63, 3.8) is 0 Å². The summed E-state index contributed by atoms with van der Waals surface area (Å²) in [5.41, 5.74) is 0.847. The second-order valence-corrected chi connectivity index (χ2v) is 4.82. The van der Waals surface area contributed by atoms with Gasteiger partial charge in [0.2, 0.25) is 0 Å². The number of ether oxygens (including phenoxy) is 1. The summed E-state index contributed by atoms with van der Waals surface area (Å²) in [5, 5.41) is 9.16. The van der Waals surface area contributed by atoms with Crippen molar-refractivity contribution >= 4 is 15.9 Å². The van der Waals surface area contributed by atoms with Gasteiger partial charge in [-0.3, -0.25) is 0 Å². The molecule has 1 aliphatic rings. The Morgan fingerprint density at radius 1 is 1.40 bits per heavy atom. The highest BCUT2D eigenvalue weighted by Crippen LogP contribution is 2.34. The van der Waals surface area contributed by atoms with Crippen LogP contribution in [0.15, 0.2) is 22.7 Å². The lowest BCUT2D eigenvalue weighted by Crippen LogP contribution is -2.01. The molecular formula is C12H15BrO2. The summed E-state index contributed by atoms with van der Waals surface area (Å²) in [7, 11) is 0. The fourth-order valence-electron chi connectivity index (χ4n) is 1.57. The highest BCUT2D eigenvalue weighted by atomic mass is 79.9. The molecule has 2 rings (SSSR count). The van der Waals surface area contributed by atoms with E-state index < -0.39 is 0 Å². The molecule has 0 radical (unpaired) electrons. The van der Waals surface area contributed by atoms with Gasteiger partial charge in [0.25, 0.3) is 0 Å². The Labute approximate surface area is 98.4 Å². The van der Waals surface area contributed by atoms with Crippen molar-refractivity contribution in [1.82, 2.24) is 0 Å². The van der Waals surface area contributed by atoms with Gasteiger partial charge in [-0.2, -0.15) is 0 Å². The summed E-state index contributed by atoms with van der Waals surface area (Å²) in [6, 6.07) is 5.73. The van der Waals surface area contributed by atoms with Crippen LogP contribution in [0.25, 0.3) is 0 Å². The third-order valence-electron chi connectivity index (χ3n) is 2.69. The van der Waals surface area contributed by atoms with Crippen LogP contribution in [0, 0.1) is 5.92 Å². The molecule has 0 aromatic heterocycles. The molecule has 0 amide bonds. The molecule has 1 saturated carbocycles. The van der Waals surface area contributed by atoms with Crippen LogP contribution in [0.4, 0.5) is 0 Å². The Morgan fingerprint density at radius 2 is 2.20 bits per heavy atom. The topological polar surface area (TPSA) is 29.5 Å². The maximum absolute atomic E-state index is 9.16. The van der Waals surface area contributed by atoms with E-state index in [-0.39, 0.29) is 6.61 Å². The minimum atomic E-state index is 0.0260. The number of halogens is 1. The van der Waals surface area contributed by atoms with E-state index in [1.54, 1.807) is 0 Å². The van der Waals surface area contributed by atoms with Crippen molar-refractivity contribution in [2.45, 2.75) is 25.9 Å². The van der Waals surface area contributed by atoms with E-state index in [0.717, 1.165) is 34.7 Å². The lowest BCUT2D eigenvalue weighted by atomic mass is 10.2. The molecule has 1 fully saturated rings. The fourth-order valence-corrected chi connectivity index (χ4v) is 2.10. The number of rotatable bonds is 5. The molecule has 1 aliphatic carbocycles. The maximum atomic E-state index is 9.16. The maximum Gasteiger partial charge on any atom is 0.138 e. The fraction of sp³-hybridized carbons (Fsp3) is 0.500. The van der Waals surface area contributed by atoms with E-state index >= 15 is 0 Å². The average molecular weight is 271 g/mol. The van der Waals surface area contributed by atoms with E-state index in [2.05, 4.69) is 15.9 Å². The Bertz CT molecular complexity index is 334. The second kappa shape index (κ2) is 4.99. The van der Waals surface area contributed by atoms with Gasteiger partial charge in [0.1, 0.15) is 5.75 Å².